The molecule has 0 radical (unpaired) electrons. The molecule has 0 fully saturated rings. The van der Waals surface area contributed by atoms with Gasteiger partial charge in [-0.3, -0.25) is 14.3 Å². The van der Waals surface area contributed by atoms with Gasteiger partial charge < -0.3 is 9.88 Å². The fraction of sp³-hybridized carbons (Fsp3) is 0.350. The van der Waals surface area contributed by atoms with Crippen LogP contribution in [0.1, 0.15) is 35.6 Å². The Morgan fingerprint density at radius 1 is 1.31 bits per heavy atom. The van der Waals surface area contributed by atoms with Crippen molar-refractivity contribution in [2.75, 3.05) is 5.32 Å². The molecule has 134 valence electrons. The van der Waals surface area contributed by atoms with E-state index in [1.54, 1.807) is 23.3 Å². The Morgan fingerprint density at radius 3 is 2.88 bits per heavy atom. The average molecular weight is 350 g/mol. The van der Waals surface area contributed by atoms with Gasteiger partial charge in [-0.2, -0.15) is 5.10 Å². The average Bonchev–Trinajstić information content (AvgIpc) is 3.15. The molecule has 1 N–H and O–H groups in total. The fourth-order valence-electron chi connectivity index (χ4n) is 3.89. The second kappa shape index (κ2) is 6.12. The number of fused-ring (bicyclic) bond motifs is 2. The van der Waals surface area contributed by atoms with Crippen molar-refractivity contribution in [3.05, 3.63) is 57.5 Å². The summed E-state index contributed by atoms with van der Waals surface area (Å²) in [6, 6.07) is 10.2. The molecule has 1 aliphatic carbocycles. The summed E-state index contributed by atoms with van der Waals surface area (Å²) in [7, 11) is 3.51. The topological polar surface area (TPSA) is 68.9 Å². The van der Waals surface area contributed by atoms with Crippen LogP contribution in [0, 0.1) is 6.92 Å². The smallest absolute Gasteiger partial charge is 0.263 e. The molecule has 4 rings (SSSR count). The van der Waals surface area contributed by atoms with Gasteiger partial charge in [0.15, 0.2) is 5.82 Å². The molecule has 1 unspecified atom stereocenters. The monoisotopic (exact) mass is 350 g/mol. The number of amides is 1. The van der Waals surface area contributed by atoms with Gasteiger partial charge in [-0.15, -0.1) is 0 Å². The number of hydrogen-bond donors (Lipinski definition) is 1. The molecule has 3 aromatic rings. The lowest BCUT2D eigenvalue weighted by molar-refractivity contribution is -0.116. The number of benzene rings is 1. The van der Waals surface area contributed by atoms with Gasteiger partial charge in [-0.25, -0.2) is 0 Å². The Hall–Kier alpha value is -2.89. The minimum atomic E-state index is -0.144. The molecule has 1 aromatic carbocycles. The van der Waals surface area contributed by atoms with E-state index >= 15 is 0 Å². The second-order valence-corrected chi connectivity index (χ2v) is 7.07. The number of carbonyl (C=O) groups excluding carboxylic acids is 1. The first-order valence-electron chi connectivity index (χ1n) is 8.86. The molecule has 2 heterocycles. The Balaban J connectivity index is 1.61. The largest absolute Gasteiger partial charge is 0.315 e. The van der Waals surface area contributed by atoms with E-state index in [2.05, 4.69) is 22.5 Å². The van der Waals surface area contributed by atoms with Crippen molar-refractivity contribution in [3.8, 4) is 0 Å². The Bertz CT molecular complexity index is 1080. The number of rotatable bonds is 3. The number of anilines is 1. The highest BCUT2D eigenvalue weighted by Gasteiger charge is 2.25. The number of aromatic nitrogens is 3. The van der Waals surface area contributed by atoms with Crippen LogP contribution in [0.15, 0.2) is 35.1 Å². The van der Waals surface area contributed by atoms with Crippen molar-refractivity contribution in [3.63, 3.8) is 0 Å². The number of nitrogens with zero attached hydrogens (tertiary/aromatic N) is 3. The number of aryl methyl sites for hydroxylation is 3. The molecule has 0 aliphatic heterocycles. The van der Waals surface area contributed by atoms with Crippen molar-refractivity contribution in [1.29, 1.82) is 0 Å². The summed E-state index contributed by atoms with van der Waals surface area (Å²) in [5, 5.41) is 7.69. The highest BCUT2D eigenvalue weighted by molar-refractivity contribution is 5.99. The lowest BCUT2D eigenvalue weighted by atomic mass is 9.97. The summed E-state index contributed by atoms with van der Waals surface area (Å²) < 4.78 is 3.22. The van der Waals surface area contributed by atoms with E-state index in [1.165, 1.54) is 11.1 Å². The minimum absolute atomic E-state index is 0.102. The molecule has 0 saturated heterocycles. The van der Waals surface area contributed by atoms with Crippen LogP contribution in [0.2, 0.25) is 0 Å². The molecular formula is C20H22N4O2. The maximum atomic E-state index is 12.6. The first kappa shape index (κ1) is 16.6. The first-order chi connectivity index (χ1) is 12.5. The predicted molar refractivity (Wildman–Crippen MR) is 101 cm³/mol. The predicted octanol–water partition coefficient (Wildman–Crippen LogP) is 2.64. The number of hydrogen-bond acceptors (Lipinski definition) is 3. The third-order valence-electron chi connectivity index (χ3n) is 5.43. The third kappa shape index (κ3) is 2.62. The zero-order chi connectivity index (χ0) is 18.4. The molecule has 6 heteroatoms. The normalized spacial score (nSPS) is 16.0. The van der Waals surface area contributed by atoms with Gasteiger partial charge in [0.25, 0.3) is 5.56 Å². The molecule has 26 heavy (non-hydrogen) atoms. The summed E-state index contributed by atoms with van der Waals surface area (Å²) >= 11 is 0. The van der Waals surface area contributed by atoms with Gasteiger partial charge in [0.05, 0.1) is 5.52 Å². The zero-order valence-electron chi connectivity index (χ0n) is 15.2. The molecule has 2 aromatic heterocycles. The van der Waals surface area contributed by atoms with Gasteiger partial charge in [0.2, 0.25) is 5.91 Å². The van der Waals surface area contributed by atoms with Crippen LogP contribution >= 0.6 is 0 Å². The van der Waals surface area contributed by atoms with E-state index in [4.69, 9.17) is 0 Å². The van der Waals surface area contributed by atoms with Crippen LogP contribution in [-0.4, -0.2) is 20.3 Å². The molecular weight excluding hydrogens is 328 g/mol. The molecule has 6 nitrogen and oxygen atoms in total. The zero-order valence-corrected chi connectivity index (χ0v) is 15.2. The highest BCUT2D eigenvalue weighted by Crippen LogP contribution is 2.35. The van der Waals surface area contributed by atoms with Gasteiger partial charge >= 0.3 is 0 Å². The van der Waals surface area contributed by atoms with Crippen molar-refractivity contribution < 1.29 is 4.79 Å². The fourth-order valence-corrected chi connectivity index (χ4v) is 3.89. The number of pyridine rings is 1. The Labute approximate surface area is 151 Å². The molecule has 0 spiro atoms. The van der Waals surface area contributed by atoms with Gasteiger partial charge in [-0.1, -0.05) is 24.3 Å². The van der Waals surface area contributed by atoms with Crippen LogP contribution in [0.4, 0.5) is 5.82 Å². The van der Waals surface area contributed by atoms with E-state index in [-0.39, 0.29) is 17.4 Å². The SMILES string of the molecule is Cc1cc2c(c(NC(=O)CC3CCc4ccccc43)nn2C)c(=O)n1C. The maximum Gasteiger partial charge on any atom is 0.263 e. The van der Waals surface area contributed by atoms with Crippen molar-refractivity contribution in [2.24, 2.45) is 14.1 Å². The summed E-state index contributed by atoms with van der Waals surface area (Å²) in [6.07, 6.45) is 2.40. The number of nitrogens with one attached hydrogen (secondary N) is 1. The molecule has 0 bridgehead atoms. The minimum Gasteiger partial charge on any atom is -0.315 e. The second-order valence-electron chi connectivity index (χ2n) is 7.07. The van der Waals surface area contributed by atoms with E-state index < -0.39 is 0 Å². The van der Waals surface area contributed by atoms with E-state index in [0.29, 0.717) is 17.6 Å². The van der Waals surface area contributed by atoms with Crippen molar-refractivity contribution >= 4 is 22.6 Å². The lowest BCUT2D eigenvalue weighted by Gasteiger charge is -2.11. The molecule has 0 saturated carbocycles. The van der Waals surface area contributed by atoms with Crippen LogP contribution in [0.5, 0.6) is 0 Å². The van der Waals surface area contributed by atoms with Crippen LogP contribution in [-0.2, 0) is 25.3 Å². The summed E-state index contributed by atoms with van der Waals surface area (Å²) in [5.74, 6) is 0.472. The van der Waals surface area contributed by atoms with Gasteiger partial charge in [0.1, 0.15) is 5.39 Å². The summed E-state index contributed by atoms with van der Waals surface area (Å²) in [5.41, 5.74) is 4.03. The van der Waals surface area contributed by atoms with Crippen molar-refractivity contribution in [1.82, 2.24) is 14.3 Å². The van der Waals surface area contributed by atoms with E-state index in [1.807, 2.05) is 25.1 Å². The van der Waals surface area contributed by atoms with Gasteiger partial charge in [-0.05, 0) is 42.9 Å². The highest BCUT2D eigenvalue weighted by atomic mass is 16.2. The lowest BCUT2D eigenvalue weighted by Crippen LogP contribution is -2.21. The molecule has 1 amide bonds. The van der Waals surface area contributed by atoms with Crippen molar-refractivity contribution in [2.45, 2.75) is 32.1 Å². The standard InChI is InChI=1S/C20H22N4O2/c1-12-10-16-18(20(26)23(12)2)19(22-24(16)3)21-17(25)11-14-9-8-13-6-4-5-7-15(13)14/h4-7,10,14H,8-9,11H2,1-3H3,(H,21,22,25). The Morgan fingerprint density at radius 2 is 2.08 bits per heavy atom. The van der Waals surface area contributed by atoms with Crippen LogP contribution in [0.25, 0.3) is 10.9 Å². The van der Waals surface area contributed by atoms with Crippen LogP contribution < -0.4 is 10.9 Å². The van der Waals surface area contributed by atoms with Crippen LogP contribution in [0.3, 0.4) is 0 Å². The maximum absolute atomic E-state index is 12.6. The quantitative estimate of drug-likeness (QED) is 0.789. The summed E-state index contributed by atoms with van der Waals surface area (Å²) in [6.45, 7) is 1.88. The number of carbonyl (C=O) groups is 1. The van der Waals surface area contributed by atoms with Gasteiger partial charge in [0, 0.05) is 26.2 Å². The third-order valence-corrected chi connectivity index (χ3v) is 5.43. The Kier molecular flexibility index (Phi) is 3.90. The first-order valence-corrected chi connectivity index (χ1v) is 8.86. The van der Waals surface area contributed by atoms with E-state index in [0.717, 1.165) is 24.1 Å². The summed E-state index contributed by atoms with van der Waals surface area (Å²) in [4.78, 5) is 25.3. The molecule has 1 aliphatic rings. The van der Waals surface area contributed by atoms with E-state index in [9.17, 15) is 9.59 Å². The molecule has 1 atom stereocenters.